The van der Waals surface area contributed by atoms with E-state index in [0.29, 0.717) is 17.1 Å². The number of aryl methyl sites for hydroxylation is 3. The minimum absolute atomic E-state index is 0.0768. The smallest absolute Gasteiger partial charge is 0.240 e. The summed E-state index contributed by atoms with van der Waals surface area (Å²) in [4.78, 5) is 4.54. The maximum atomic E-state index is 12.5. The van der Waals surface area contributed by atoms with Crippen LogP contribution in [-0.2, 0) is 16.6 Å². The molecule has 7 heteroatoms. The Hall–Kier alpha value is -1.96. The van der Waals surface area contributed by atoms with Crippen molar-refractivity contribution >= 4 is 10.0 Å². The van der Waals surface area contributed by atoms with Gasteiger partial charge in [0.05, 0.1) is 30.3 Å². The summed E-state index contributed by atoms with van der Waals surface area (Å²) in [7, 11) is -2.10. The summed E-state index contributed by atoms with van der Waals surface area (Å²) in [6.07, 6.45) is -0.608. The van der Waals surface area contributed by atoms with Gasteiger partial charge in [-0.3, -0.25) is 4.98 Å². The molecular formula is C18H24N2O4S. The standard InChI is InChI=1S/C18H24N2O4S/c1-11-8-16(9-12(2)18(11)24-5)25(22,23)19-10-15-6-7-17(14(4)21)13(3)20-15/h6-9,14,19,21H,10H2,1-5H3. The maximum absolute atomic E-state index is 12.5. The fourth-order valence-electron chi connectivity index (χ4n) is 2.80. The van der Waals surface area contributed by atoms with Crippen molar-refractivity contribution in [3.05, 3.63) is 52.3 Å². The van der Waals surface area contributed by atoms with Gasteiger partial charge in [-0.05, 0) is 57.0 Å². The van der Waals surface area contributed by atoms with Gasteiger partial charge in [0.15, 0.2) is 0 Å². The van der Waals surface area contributed by atoms with E-state index in [2.05, 4.69) is 9.71 Å². The summed E-state index contributed by atoms with van der Waals surface area (Å²) in [6, 6.07) is 6.65. The zero-order chi connectivity index (χ0) is 18.8. The van der Waals surface area contributed by atoms with Gasteiger partial charge in [0.2, 0.25) is 10.0 Å². The molecule has 0 saturated heterocycles. The number of nitrogens with zero attached hydrogens (tertiary/aromatic N) is 1. The van der Waals surface area contributed by atoms with Crippen molar-refractivity contribution < 1.29 is 18.3 Å². The van der Waals surface area contributed by atoms with E-state index in [4.69, 9.17) is 4.74 Å². The normalized spacial score (nSPS) is 12.9. The number of hydrogen-bond acceptors (Lipinski definition) is 5. The number of ether oxygens (including phenoxy) is 1. The van der Waals surface area contributed by atoms with Gasteiger partial charge in [0.25, 0.3) is 0 Å². The molecule has 0 radical (unpaired) electrons. The van der Waals surface area contributed by atoms with Crippen molar-refractivity contribution in [3.8, 4) is 5.75 Å². The van der Waals surface area contributed by atoms with Crippen molar-refractivity contribution in [1.29, 1.82) is 0 Å². The van der Waals surface area contributed by atoms with E-state index < -0.39 is 16.1 Å². The molecule has 2 aromatic rings. The Bertz CT molecular complexity index is 854. The Morgan fingerprint density at radius 3 is 2.28 bits per heavy atom. The molecule has 0 aliphatic rings. The largest absolute Gasteiger partial charge is 0.496 e. The van der Waals surface area contributed by atoms with Crippen LogP contribution in [0, 0.1) is 20.8 Å². The Morgan fingerprint density at radius 1 is 1.20 bits per heavy atom. The number of aromatic nitrogens is 1. The van der Waals surface area contributed by atoms with E-state index in [9.17, 15) is 13.5 Å². The predicted molar refractivity (Wildman–Crippen MR) is 96.1 cm³/mol. The summed E-state index contributed by atoms with van der Waals surface area (Å²) >= 11 is 0. The van der Waals surface area contributed by atoms with Crippen LogP contribution in [0.3, 0.4) is 0 Å². The lowest BCUT2D eigenvalue weighted by Crippen LogP contribution is -2.24. The monoisotopic (exact) mass is 364 g/mol. The molecule has 1 unspecified atom stereocenters. The van der Waals surface area contributed by atoms with Crippen molar-refractivity contribution in [2.75, 3.05) is 7.11 Å². The van der Waals surface area contributed by atoms with E-state index in [1.807, 2.05) is 13.8 Å². The molecule has 2 N–H and O–H groups in total. The van der Waals surface area contributed by atoms with Crippen molar-refractivity contribution in [3.63, 3.8) is 0 Å². The van der Waals surface area contributed by atoms with E-state index in [1.165, 1.54) is 0 Å². The highest BCUT2D eigenvalue weighted by molar-refractivity contribution is 7.89. The SMILES string of the molecule is COc1c(C)cc(S(=O)(=O)NCc2ccc(C(C)O)c(C)n2)cc1C. The Balaban J connectivity index is 2.21. The van der Waals surface area contributed by atoms with Crippen LogP contribution >= 0.6 is 0 Å². The highest BCUT2D eigenvalue weighted by atomic mass is 32.2. The summed E-state index contributed by atoms with van der Waals surface area (Å²) in [5.41, 5.74) is 3.53. The van der Waals surface area contributed by atoms with Gasteiger partial charge in [-0.2, -0.15) is 0 Å². The molecule has 0 aliphatic heterocycles. The lowest BCUT2D eigenvalue weighted by Gasteiger charge is -2.13. The quantitative estimate of drug-likeness (QED) is 0.822. The van der Waals surface area contributed by atoms with Crippen molar-refractivity contribution in [2.24, 2.45) is 0 Å². The minimum atomic E-state index is -3.66. The fourth-order valence-corrected chi connectivity index (χ4v) is 3.97. The fraction of sp³-hybridized carbons (Fsp3) is 0.389. The van der Waals surface area contributed by atoms with E-state index in [0.717, 1.165) is 16.7 Å². The van der Waals surface area contributed by atoms with Gasteiger partial charge in [0.1, 0.15) is 5.75 Å². The van der Waals surface area contributed by atoms with E-state index >= 15 is 0 Å². The first-order valence-corrected chi connectivity index (χ1v) is 9.43. The van der Waals surface area contributed by atoms with Gasteiger partial charge < -0.3 is 9.84 Å². The zero-order valence-electron chi connectivity index (χ0n) is 15.1. The lowest BCUT2D eigenvalue weighted by molar-refractivity contribution is 0.198. The number of hydrogen-bond donors (Lipinski definition) is 2. The van der Waals surface area contributed by atoms with Crippen LogP contribution in [0.4, 0.5) is 0 Å². The minimum Gasteiger partial charge on any atom is -0.496 e. The predicted octanol–water partition coefficient (Wildman–Crippen LogP) is 2.55. The van der Waals surface area contributed by atoms with Crippen LogP contribution in [0.2, 0.25) is 0 Å². The molecular weight excluding hydrogens is 340 g/mol. The van der Waals surface area contributed by atoms with Gasteiger partial charge in [0, 0.05) is 11.3 Å². The Kier molecular flexibility index (Phi) is 5.82. The molecule has 6 nitrogen and oxygen atoms in total. The maximum Gasteiger partial charge on any atom is 0.240 e. The first-order chi connectivity index (χ1) is 11.7. The van der Waals surface area contributed by atoms with Crippen molar-refractivity contribution in [1.82, 2.24) is 9.71 Å². The molecule has 1 heterocycles. The molecule has 136 valence electrons. The summed E-state index contributed by atoms with van der Waals surface area (Å²) in [5, 5.41) is 9.64. The van der Waals surface area contributed by atoms with Crippen LogP contribution in [0.1, 0.15) is 41.1 Å². The topological polar surface area (TPSA) is 88.5 Å². The third-order valence-corrected chi connectivity index (χ3v) is 5.41. The molecule has 0 aliphatic carbocycles. The molecule has 1 atom stereocenters. The van der Waals surface area contributed by atoms with Crippen molar-refractivity contribution in [2.45, 2.75) is 45.2 Å². The Labute approximate surface area is 148 Å². The van der Waals surface area contributed by atoms with E-state index in [-0.39, 0.29) is 11.4 Å². The summed E-state index contributed by atoms with van der Waals surface area (Å²) < 4.78 is 32.9. The molecule has 25 heavy (non-hydrogen) atoms. The van der Waals surface area contributed by atoms with Crippen LogP contribution in [0.5, 0.6) is 5.75 Å². The second kappa shape index (κ2) is 7.51. The second-order valence-electron chi connectivity index (χ2n) is 6.07. The Morgan fingerprint density at radius 2 is 1.80 bits per heavy atom. The van der Waals surface area contributed by atoms with Crippen LogP contribution < -0.4 is 9.46 Å². The first kappa shape index (κ1) is 19.4. The number of sulfonamides is 1. The molecule has 0 spiro atoms. The molecule has 0 fully saturated rings. The molecule has 2 rings (SSSR count). The second-order valence-corrected chi connectivity index (χ2v) is 7.84. The van der Waals surface area contributed by atoms with Crippen LogP contribution in [0.15, 0.2) is 29.2 Å². The number of benzene rings is 1. The van der Waals surface area contributed by atoms with Crippen LogP contribution in [0.25, 0.3) is 0 Å². The van der Waals surface area contributed by atoms with Gasteiger partial charge >= 0.3 is 0 Å². The van der Waals surface area contributed by atoms with E-state index in [1.54, 1.807) is 45.2 Å². The number of aliphatic hydroxyl groups is 1. The first-order valence-electron chi connectivity index (χ1n) is 7.95. The highest BCUT2D eigenvalue weighted by Crippen LogP contribution is 2.26. The van der Waals surface area contributed by atoms with Crippen LogP contribution in [-0.4, -0.2) is 25.6 Å². The highest BCUT2D eigenvalue weighted by Gasteiger charge is 2.17. The summed E-state index contributed by atoms with van der Waals surface area (Å²) in [6.45, 7) is 7.15. The summed E-state index contributed by atoms with van der Waals surface area (Å²) in [5.74, 6) is 0.685. The lowest BCUT2D eigenvalue weighted by atomic mass is 10.1. The number of methoxy groups -OCH3 is 1. The molecule has 1 aromatic heterocycles. The average Bonchev–Trinajstić information content (AvgIpc) is 2.52. The molecule has 0 amide bonds. The van der Waals surface area contributed by atoms with Gasteiger partial charge in [-0.15, -0.1) is 0 Å². The zero-order valence-corrected chi connectivity index (χ0v) is 15.9. The molecule has 0 saturated carbocycles. The molecule has 1 aromatic carbocycles. The number of aliphatic hydroxyl groups excluding tert-OH is 1. The number of pyridine rings is 1. The number of rotatable bonds is 6. The average molecular weight is 364 g/mol. The van der Waals surface area contributed by atoms with Gasteiger partial charge in [-0.1, -0.05) is 6.07 Å². The number of nitrogens with one attached hydrogen (secondary N) is 1. The third-order valence-electron chi connectivity index (χ3n) is 4.03. The van der Waals surface area contributed by atoms with Gasteiger partial charge in [-0.25, -0.2) is 13.1 Å². The molecule has 0 bridgehead atoms. The third kappa shape index (κ3) is 4.36.